The molecule has 0 aromatic heterocycles. The van der Waals surface area contributed by atoms with E-state index in [1.807, 2.05) is 18.2 Å². The predicted molar refractivity (Wildman–Crippen MR) is 107 cm³/mol. The number of ether oxygens (including phenoxy) is 4. The number of hydrogen-bond acceptors (Lipinski definition) is 6. The second-order valence-electron chi connectivity index (χ2n) is 7.47. The zero-order chi connectivity index (χ0) is 19.2. The Bertz CT molecular complexity index is 685. The Balaban J connectivity index is 1.43. The number of guanidine groups is 1. The largest absolute Gasteiger partial charge is 0.490 e. The second kappa shape index (κ2) is 8.98. The van der Waals surface area contributed by atoms with Crippen molar-refractivity contribution in [1.29, 1.82) is 0 Å². The molecule has 3 aliphatic heterocycles. The first-order valence-electron chi connectivity index (χ1n) is 10.1. The maximum absolute atomic E-state index is 6.21. The Kier molecular flexibility index (Phi) is 6.19. The summed E-state index contributed by atoms with van der Waals surface area (Å²) in [7, 11) is 0. The number of nitrogens with zero attached hydrogens (tertiary/aromatic N) is 2. The number of aliphatic imine (C=N–C) groups is 1. The van der Waals surface area contributed by atoms with E-state index in [1.165, 1.54) is 0 Å². The molecule has 8 heteroatoms. The van der Waals surface area contributed by atoms with Gasteiger partial charge in [0.15, 0.2) is 17.5 Å². The van der Waals surface area contributed by atoms with Crippen LogP contribution in [0, 0.1) is 0 Å². The fourth-order valence-corrected chi connectivity index (χ4v) is 4.02. The van der Waals surface area contributed by atoms with Gasteiger partial charge < -0.3 is 30.0 Å². The van der Waals surface area contributed by atoms with Crippen LogP contribution in [0.2, 0.25) is 0 Å². The first-order valence-corrected chi connectivity index (χ1v) is 10.1. The summed E-state index contributed by atoms with van der Waals surface area (Å²) in [4.78, 5) is 7.20. The lowest BCUT2D eigenvalue weighted by Gasteiger charge is -2.47. The van der Waals surface area contributed by atoms with Gasteiger partial charge in [0.25, 0.3) is 0 Å². The van der Waals surface area contributed by atoms with E-state index >= 15 is 0 Å². The number of hydrogen-bond donors (Lipinski definition) is 2. The van der Waals surface area contributed by atoms with Crippen molar-refractivity contribution < 1.29 is 18.9 Å². The van der Waals surface area contributed by atoms with Crippen molar-refractivity contribution in [2.24, 2.45) is 10.7 Å². The van der Waals surface area contributed by atoms with Crippen molar-refractivity contribution in [2.45, 2.75) is 24.8 Å². The van der Waals surface area contributed by atoms with Crippen molar-refractivity contribution in [2.75, 3.05) is 64.6 Å². The van der Waals surface area contributed by atoms with E-state index in [1.54, 1.807) is 0 Å². The molecular formula is C20H30N4O4. The third kappa shape index (κ3) is 4.51. The normalized spacial score (nSPS) is 23.1. The van der Waals surface area contributed by atoms with Crippen LogP contribution in [0.3, 0.4) is 0 Å². The zero-order valence-corrected chi connectivity index (χ0v) is 16.3. The quantitative estimate of drug-likeness (QED) is 0.594. The third-order valence-electron chi connectivity index (χ3n) is 5.67. The van der Waals surface area contributed by atoms with E-state index in [2.05, 4.69) is 10.2 Å². The van der Waals surface area contributed by atoms with E-state index < -0.39 is 0 Å². The van der Waals surface area contributed by atoms with Gasteiger partial charge in [0.05, 0.1) is 33.0 Å². The highest BCUT2D eigenvalue weighted by atomic mass is 16.5. The topological polar surface area (TPSA) is 90.6 Å². The fraction of sp³-hybridized carbons (Fsp3) is 0.650. The number of anilines is 1. The molecule has 0 bridgehead atoms. The molecule has 1 aromatic rings. The summed E-state index contributed by atoms with van der Waals surface area (Å²) >= 11 is 0. The minimum absolute atomic E-state index is 0.000942. The van der Waals surface area contributed by atoms with Gasteiger partial charge in [-0.1, -0.05) is 0 Å². The first-order chi connectivity index (χ1) is 13.8. The fourth-order valence-electron chi connectivity index (χ4n) is 4.02. The summed E-state index contributed by atoms with van der Waals surface area (Å²) in [6.07, 6.45) is 2.82. The van der Waals surface area contributed by atoms with Gasteiger partial charge in [0.1, 0.15) is 0 Å². The average molecular weight is 390 g/mol. The number of nitrogens with one attached hydrogen (secondary N) is 1. The van der Waals surface area contributed by atoms with Crippen LogP contribution < -0.4 is 20.5 Å². The molecule has 28 heavy (non-hydrogen) atoms. The van der Waals surface area contributed by atoms with Crippen molar-refractivity contribution in [3.63, 3.8) is 0 Å². The van der Waals surface area contributed by atoms with Crippen molar-refractivity contribution >= 4 is 11.6 Å². The number of nitrogens with two attached hydrogens (primary N) is 1. The Morgan fingerprint density at radius 1 is 1.00 bits per heavy atom. The monoisotopic (exact) mass is 390 g/mol. The first kappa shape index (κ1) is 19.3. The molecule has 0 radical (unpaired) electrons. The Morgan fingerprint density at radius 2 is 1.71 bits per heavy atom. The summed E-state index contributed by atoms with van der Waals surface area (Å²) in [5, 5.41) is 3.19. The van der Waals surface area contributed by atoms with Crippen molar-refractivity contribution in [3.8, 4) is 11.5 Å². The molecule has 1 aromatic carbocycles. The molecule has 154 valence electrons. The SMILES string of the molecule is NC(=NCC1(N2CCOCC2)CCOCC1)Nc1ccc2c(c1)OCCCO2. The molecule has 0 aliphatic carbocycles. The van der Waals surface area contributed by atoms with Crippen LogP contribution in [-0.4, -0.2) is 75.7 Å². The van der Waals surface area contributed by atoms with Crippen LogP contribution in [-0.2, 0) is 9.47 Å². The summed E-state index contributed by atoms with van der Waals surface area (Å²) in [6.45, 7) is 6.94. The van der Waals surface area contributed by atoms with E-state index in [0.29, 0.717) is 25.7 Å². The highest BCUT2D eigenvalue weighted by Crippen LogP contribution is 2.32. The molecule has 0 unspecified atom stereocenters. The molecule has 3 heterocycles. The predicted octanol–water partition coefficient (Wildman–Crippen LogP) is 1.46. The minimum Gasteiger partial charge on any atom is -0.490 e. The van der Waals surface area contributed by atoms with Gasteiger partial charge >= 0.3 is 0 Å². The molecule has 4 rings (SSSR count). The molecular weight excluding hydrogens is 360 g/mol. The van der Waals surface area contributed by atoms with Crippen LogP contribution in [0.15, 0.2) is 23.2 Å². The molecule has 2 fully saturated rings. The molecule has 3 N–H and O–H groups in total. The lowest BCUT2D eigenvalue weighted by molar-refractivity contribution is -0.0667. The van der Waals surface area contributed by atoms with E-state index in [9.17, 15) is 0 Å². The average Bonchev–Trinajstić information content (AvgIpc) is 2.99. The Hall–Kier alpha value is -2.03. The number of rotatable bonds is 4. The van der Waals surface area contributed by atoms with E-state index in [0.717, 1.165) is 76.0 Å². The minimum atomic E-state index is -0.000942. The highest BCUT2D eigenvalue weighted by molar-refractivity contribution is 5.92. The summed E-state index contributed by atoms with van der Waals surface area (Å²) in [5.41, 5.74) is 7.05. The van der Waals surface area contributed by atoms with Crippen LogP contribution in [0.5, 0.6) is 11.5 Å². The highest BCUT2D eigenvalue weighted by Gasteiger charge is 2.39. The van der Waals surface area contributed by atoms with Crippen LogP contribution in [0.1, 0.15) is 19.3 Å². The molecule has 3 aliphatic rings. The maximum atomic E-state index is 6.21. The zero-order valence-electron chi connectivity index (χ0n) is 16.3. The Morgan fingerprint density at radius 3 is 2.50 bits per heavy atom. The summed E-state index contributed by atoms with van der Waals surface area (Å²) in [6, 6.07) is 5.75. The maximum Gasteiger partial charge on any atom is 0.193 e. The Labute approximate surface area is 166 Å². The molecule has 0 atom stereocenters. The van der Waals surface area contributed by atoms with Crippen LogP contribution in [0.4, 0.5) is 5.69 Å². The van der Waals surface area contributed by atoms with E-state index in [4.69, 9.17) is 29.7 Å². The van der Waals surface area contributed by atoms with Gasteiger partial charge in [-0.2, -0.15) is 0 Å². The summed E-state index contributed by atoms with van der Waals surface area (Å²) < 4.78 is 22.5. The van der Waals surface area contributed by atoms with Gasteiger partial charge in [-0.05, 0) is 25.0 Å². The molecule has 0 amide bonds. The molecule has 0 spiro atoms. The van der Waals surface area contributed by atoms with Crippen LogP contribution in [0.25, 0.3) is 0 Å². The lowest BCUT2D eigenvalue weighted by atomic mass is 9.87. The standard InChI is InChI=1S/C20H30N4O4/c21-19(23-16-2-3-17-18(14-16)28-9-1-8-27-17)22-15-20(4-10-25-11-5-20)24-6-12-26-13-7-24/h2-3,14H,1,4-13,15H2,(H3,21,22,23). The van der Waals surface area contributed by atoms with E-state index in [-0.39, 0.29) is 5.54 Å². The van der Waals surface area contributed by atoms with Crippen molar-refractivity contribution in [3.05, 3.63) is 18.2 Å². The third-order valence-corrected chi connectivity index (χ3v) is 5.67. The number of benzene rings is 1. The van der Waals surface area contributed by atoms with Gasteiger partial charge in [-0.25, -0.2) is 0 Å². The molecule has 8 nitrogen and oxygen atoms in total. The van der Waals surface area contributed by atoms with Gasteiger partial charge in [-0.15, -0.1) is 0 Å². The van der Waals surface area contributed by atoms with Gasteiger partial charge in [0.2, 0.25) is 0 Å². The van der Waals surface area contributed by atoms with Crippen LogP contribution >= 0.6 is 0 Å². The molecule has 2 saturated heterocycles. The lowest BCUT2D eigenvalue weighted by Crippen LogP contribution is -2.58. The smallest absolute Gasteiger partial charge is 0.193 e. The second-order valence-corrected chi connectivity index (χ2v) is 7.47. The van der Waals surface area contributed by atoms with Crippen molar-refractivity contribution in [1.82, 2.24) is 4.90 Å². The number of morpholine rings is 1. The van der Waals surface area contributed by atoms with Gasteiger partial charge in [0, 0.05) is 50.0 Å². The molecule has 0 saturated carbocycles. The van der Waals surface area contributed by atoms with Gasteiger partial charge in [-0.3, -0.25) is 9.89 Å². The number of fused-ring (bicyclic) bond motifs is 1. The summed E-state index contributed by atoms with van der Waals surface area (Å²) in [5.74, 6) is 1.92.